The zero-order chi connectivity index (χ0) is 15.6. The van der Waals surface area contributed by atoms with E-state index in [1.54, 1.807) is 13.8 Å². The van der Waals surface area contributed by atoms with Gasteiger partial charge in [0.25, 0.3) is 5.91 Å². The summed E-state index contributed by atoms with van der Waals surface area (Å²) in [6, 6.07) is 3.96. The summed E-state index contributed by atoms with van der Waals surface area (Å²) in [5.41, 5.74) is 4.01. The molecule has 0 aliphatic heterocycles. The first kappa shape index (κ1) is 16.4. The van der Waals surface area contributed by atoms with Crippen molar-refractivity contribution in [3.63, 3.8) is 0 Å². The Morgan fingerprint density at radius 3 is 2.15 bits per heavy atom. The van der Waals surface area contributed by atoms with Crippen LogP contribution in [-0.2, 0) is 6.18 Å². The van der Waals surface area contributed by atoms with Crippen LogP contribution in [0.3, 0.4) is 0 Å². The van der Waals surface area contributed by atoms with E-state index in [1.165, 1.54) is 0 Å². The molecule has 0 spiro atoms. The Labute approximate surface area is 120 Å². The Morgan fingerprint density at radius 1 is 1.30 bits per heavy atom. The number of benzene rings is 1. The molecule has 1 atom stereocenters. The molecule has 0 aliphatic carbocycles. The van der Waals surface area contributed by atoms with Crippen LogP contribution in [0, 0.1) is 0 Å². The number of halogens is 3. The van der Waals surface area contributed by atoms with Crippen LogP contribution >= 0.6 is 12.2 Å². The summed E-state index contributed by atoms with van der Waals surface area (Å²) in [5.74, 6) is -0.518. The maximum atomic E-state index is 12.4. The Morgan fingerprint density at radius 2 is 1.80 bits per heavy atom. The molecule has 20 heavy (non-hydrogen) atoms. The largest absolute Gasteiger partial charge is 0.416 e. The van der Waals surface area contributed by atoms with Crippen molar-refractivity contribution in [1.82, 2.24) is 5.32 Å². The second-order valence-electron chi connectivity index (χ2n) is 4.58. The van der Waals surface area contributed by atoms with Gasteiger partial charge in [-0.25, -0.2) is 0 Å². The first-order valence-electron chi connectivity index (χ1n) is 5.90. The fraction of sp³-hybridized carbons (Fsp3) is 0.385. The van der Waals surface area contributed by atoms with Crippen LogP contribution in [0.25, 0.3) is 0 Å². The van der Waals surface area contributed by atoms with Gasteiger partial charge in [-0.2, -0.15) is 13.2 Å². The van der Waals surface area contributed by atoms with Gasteiger partial charge in [0.15, 0.2) is 0 Å². The lowest BCUT2D eigenvalue weighted by molar-refractivity contribution is -0.137. The van der Waals surface area contributed by atoms with Crippen LogP contribution in [0.15, 0.2) is 24.3 Å². The first-order chi connectivity index (χ1) is 9.10. The van der Waals surface area contributed by atoms with Crippen LogP contribution < -0.4 is 11.1 Å². The predicted octanol–water partition coefficient (Wildman–Crippen LogP) is 2.89. The number of nitrogens with one attached hydrogen (secondary N) is 1. The maximum Gasteiger partial charge on any atom is 0.416 e. The van der Waals surface area contributed by atoms with E-state index < -0.39 is 23.2 Å². The molecule has 110 valence electrons. The number of alkyl halides is 3. The molecule has 1 rings (SSSR count). The lowest BCUT2D eigenvalue weighted by atomic mass is 9.98. The molecule has 1 aromatic rings. The van der Waals surface area contributed by atoms with Crippen molar-refractivity contribution in [2.75, 3.05) is 0 Å². The Balaban J connectivity index is 2.91. The highest BCUT2D eigenvalue weighted by molar-refractivity contribution is 7.80. The molecule has 0 radical (unpaired) electrons. The Kier molecular flexibility index (Phi) is 4.75. The van der Waals surface area contributed by atoms with Gasteiger partial charge in [-0.1, -0.05) is 19.1 Å². The summed E-state index contributed by atoms with van der Waals surface area (Å²) < 4.78 is 37.3. The lowest BCUT2D eigenvalue weighted by Gasteiger charge is -2.28. The van der Waals surface area contributed by atoms with E-state index in [4.69, 9.17) is 18.0 Å². The van der Waals surface area contributed by atoms with Gasteiger partial charge in [0.1, 0.15) is 0 Å². The van der Waals surface area contributed by atoms with Gasteiger partial charge in [0.2, 0.25) is 0 Å². The van der Waals surface area contributed by atoms with Gasteiger partial charge < -0.3 is 11.1 Å². The standard InChI is InChI=1S/C13H15F3N2OS/c1-3-12(2,11(17)20)18-10(19)8-4-6-9(7-5-8)13(14,15)16/h4-7H,3H2,1-2H3,(H2,17,20)(H,18,19). The molecule has 0 saturated carbocycles. The summed E-state index contributed by atoms with van der Waals surface area (Å²) in [4.78, 5) is 12.1. The van der Waals surface area contributed by atoms with Crippen LogP contribution in [0.4, 0.5) is 13.2 Å². The number of carbonyl (C=O) groups excluding carboxylic acids is 1. The third-order valence-corrected chi connectivity index (χ3v) is 3.57. The highest BCUT2D eigenvalue weighted by atomic mass is 32.1. The molecule has 0 heterocycles. The normalized spacial score (nSPS) is 14.4. The molecule has 1 unspecified atom stereocenters. The summed E-state index contributed by atoms with van der Waals surface area (Å²) in [6.07, 6.45) is -3.94. The second kappa shape index (κ2) is 5.78. The number of nitrogens with two attached hydrogens (primary N) is 1. The van der Waals surface area contributed by atoms with Crippen LogP contribution in [0.2, 0.25) is 0 Å². The molecular weight excluding hydrogens is 289 g/mol. The van der Waals surface area contributed by atoms with Gasteiger partial charge in [0, 0.05) is 5.56 Å². The molecule has 0 bridgehead atoms. The van der Waals surface area contributed by atoms with Crippen LogP contribution in [-0.4, -0.2) is 16.4 Å². The van der Waals surface area contributed by atoms with E-state index >= 15 is 0 Å². The van der Waals surface area contributed by atoms with Crippen molar-refractivity contribution >= 4 is 23.1 Å². The number of rotatable bonds is 4. The smallest absolute Gasteiger partial charge is 0.391 e. The van der Waals surface area contributed by atoms with Gasteiger partial charge in [-0.05, 0) is 37.6 Å². The SMILES string of the molecule is CCC(C)(NC(=O)c1ccc(C(F)(F)F)cc1)C(N)=S. The fourth-order valence-corrected chi connectivity index (χ4v) is 1.65. The van der Waals surface area contributed by atoms with Crippen LogP contribution in [0.5, 0.6) is 0 Å². The molecule has 7 heteroatoms. The van der Waals surface area contributed by atoms with Crippen molar-refractivity contribution < 1.29 is 18.0 Å². The average molecular weight is 304 g/mol. The van der Waals surface area contributed by atoms with Crippen molar-refractivity contribution in [1.29, 1.82) is 0 Å². The zero-order valence-corrected chi connectivity index (χ0v) is 11.9. The molecule has 0 saturated heterocycles. The summed E-state index contributed by atoms with van der Waals surface area (Å²) >= 11 is 4.88. The van der Waals surface area contributed by atoms with E-state index in [1.807, 2.05) is 0 Å². The topological polar surface area (TPSA) is 55.1 Å². The first-order valence-corrected chi connectivity index (χ1v) is 6.30. The minimum atomic E-state index is -4.42. The van der Waals surface area contributed by atoms with Crippen LogP contribution in [0.1, 0.15) is 36.2 Å². The van der Waals surface area contributed by atoms with Gasteiger partial charge >= 0.3 is 6.18 Å². The fourth-order valence-electron chi connectivity index (χ4n) is 1.46. The van der Waals surface area contributed by atoms with E-state index in [0.717, 1.165) is 24.3 Å². The van der Waals surface area contributed by atoms with E-state index in [9.17, 15) is 18.0 Å². The van der Waals surface area contributed by atoms with Crippen molar-refractivity contribution in [3.8, 4) is 0 Å². The molecule has 1 aromatic carbocycles. The molecule has 1 amide bonds. The molecule has 0 fully saturated rings. The summed E-state index contributed by atoms with van der Waals surface area (Å²) in [7, 11) is 0. The van der Waals surface area contributed by atoms with Gasteiger partial charge in [-0.15, -0.1) is 0 Å². The number of amides is 1. The van der Waals surface area contributed by atoms with E-state index in [0.29, 0.717) is 6.42 Å². The summed E-state index contributed by atoms with van der Waals surface area (Å²) in [5, 5.41) is 2.63. The number of hydrogen-bond donors (Lipinski definition) is 2. The summed E-state index contributed by atoms with van der Waals surface area (Å²) in [6.45, 7) is 3.46. The molecular formula is C13H15F3N2OS. The van der Waals surface area contributed by atoms with E-state index in [-0.39, 0.29) is 10.6 Å². The second-order valence-corrected chi connectivity index (χ2v) is 5.02. The molecule has 3 N–H and O–H groups in total. The quantitative estimate of drug-likeness (QED) is 0.841. The third-order valence-electron chi connectivity index (χ3n) is 3.11. The maximum absolute atomic E-state index is 12.4. The molecule has 0 aliphatic rings. The highest BCUT2D eigenvalue weighted by Gasteiger charge is 2.31. The van der Waals surface area contributed by atoms with Gasteiger partial charge in [-0.3, -0.25) is 4.79 Å². The third kappa shape index (κ3) is 3.69. The Hall–Kier alpha value is -1.63. The van der Waals surface area contributed by atoms with Crippen molar-refractivity contribution in [2.45, 2.75) is 32.0 Å². The minimum absolute atomic E-state index is 0.119. The number of hydrogen-bond acceptors (Lipinski definition) is 2. The van der Waals surface area contributed by atoms with E-state index in [2.05, 4.69) is 5.32 Å². The monoisotopic (exact) mass is 304 g/mol. The molecule has 0 aromatic heterocycles. The highest BCUT2D eigenvalue weighted by Crippen LogP contribution is 2.29. The van der Waals surface area contributed by atoms with Crippen molar-refractivity contribution in [3.05, 3.63) is 35.4 Å². The minimum Gasteiger partial charge on any atom is -0.391 e. The number of carbonyl (C=O) groups is 1. The van der Waals surface area contributed by atoms with Gasteiger partial charge in [0.05, 0.1) is 16.1 Å². The zero-order valence-electron chi connectivity index (χ0n) is 11.0. The lowest BCUT2D eigenvalue weighted by Crippen LogP contribution is -2.54. The molecule has 3 nitrogen and oxygen atoms in total. The predicted molar refractivity (Wildman–Crippen MR) is 74.4 cm³/mol. The van der Waals surface area contributed by atoms with Crippen molar-refractivity contribution in [2.24, 2.45) is 5.73 Å². The number of thiocarbonyl (C=S) groups is 1. The Bertz CT molecular complexity index is 513. The average Bonchev–Trinajstić information content (AvgIpc) is 2.37.